The van der Waals surface area contributed by atoms with E-state index in [1.807, 2.05) is 48.4 Å². The van der Waals surface area contributed by atoms with Crippen molar-refractivity contribution >= 4 is 11.6 Å². The zero-order valence-corrected chi connectivity index (χ0v) is 13.8. The number of nitrogens with zero attached hydrogens (tertiary/aromatic N) is 5. The van der Waals surface area contributed by atoms with Gasteiger partial charge in [-0.05, 0) is 31.5 Å². The topological polar surface area (TPSA) is 65.2 Å². The molecule has 0 saturated carbocycles. The fraction of sp³-hybridized carbons (Fsp3) is 0.389. The number of hydrogen-bond donors (Lipinski definition) is 0. The molecule has 1 aromatic carbocycles. The van der Waals surface area contributed by atoms with Crippen LogP contribution in [0.5, 0.6) is 0 Å². The predicted molar refractivity (Wildman–Crippen MR) is 91.5 cm³/mol. The number of anilines is 1. The van der Waals surface area contributed by atoms with E-state index >= 15 is 0 Å². The van der Waals surface area contributed by atoms with Gasteiger partial charge in [0.05, 0.1) is 11.3 Å². The van der Waals surface area contributed by atoms with Crippen LogP contribution < -0.4 is 4.90 Å². The van der Waals surface area contributed by atoms with Crippen molar-refractivity contribution in [1.82, 2.24) is 14.7 Å². The summed E-state index contributed by atoms with van der Waals surface area (Å²) < 4.78 is 1.69. The molecule has 1 aromatic heterocycles. The minimum atomic E-state index is -0.294. The van der Waals surface area contributed by atoms with E-state index in [0.29, 0.717) is 12.1 Å². The van der Waals surface area contributed by atoms with Crippen LogP contribution in [0.25, 0.3) is 0 Å². The lowest BCUT2D eigenvalue weighted by Crippen LogP contribution is -2.39. The zero-order valence-electron chi connectivity index (χ0n) is 13.8. The number of benzene rings is 1. The van der Waals surface area contributed by atoms with Gasteiger partial charge in [0.1, 0.15) is 12.1 Å². The summed E-state index contributed by atoms with van der Waals surface area (Å²) in [6, 6.07) is 11.4. The number of para-hydroxylation sites is 1. The largest absolute Gasteiger partial charge is 0.369 e. The van der Waals surface area contributed by atoms with Gasteiger partial charge in [0, 0.05) is 38.6 Å². The Morgan fingerprint density at radius 3 is 2.79 bits per heavy atom. The third-order valence-corrected chi connectivity index (χ3v) is 4.45. The summed E-state index contributed by atoms with van der Waals surface area (Å²) in [6.07, 6.45) is 4.39. The second-order valence-electron chi connectivity index (χ2n) is 5.96. The van der Waals surface area contributed by atoms with Gasteiger partial charge in [-0.1, -0.05) is 12.1 Å². The molecule has 1 aliphatic rings. The van der Waals surface area contributed by atoms with E-state index in [1.54, 1.807) is 10.9 Å². The average Bonchev–Trinajstić information content (AvgIpc) is 3.05. The van der Waals surface area contributed by atoms with Crippen molar-refractivity contribution in [2.45, 2.75) is 19.4 Å². The molecule has 1 fully saturated rings. The number of nitriles is 1. The van der Waals surface area contributed by atoms with Gasteiger partial charge >= 0.3 is 0 Å². The highest BCUT2D eigenvalue weighted by Gasteiger charge is 2.25. The van der Waals surface area contributed by atoms with Gasteiger partial charge in [-0.2, -0.15) is 10.4 Å². The molecule has 2 heterocycles. The smallest absolute Gasteiger partial charge is 0.247 e. The third-order valence-electron chi connectivity index (χ3n) is 4.45. The maximum atomic E-state index is 12.7. The summed E-state index contributed by atoms with van der Waals surface area (Å²) in [7, 11) is 0. The third kappa shape index (κ3) is 3.25. The van der Waals surface area contributed by atoms with Crippen LogP contribution in [0, 0.1) is 11.3 Å². The predicted octanol–water partition coefficient (Wildman–Crippen LogP) is 2.05. The van der Waals surface area contributed by atoms with E-state index in [4.69, 9.17) is 0 Å². The van der Waals surface area contributed by atoms with Gasteiger partial charge in [0.2, 0.25) is 5.91 Å². The van der Waals surface area contributed by atoms with Crippen molar-refractivity contribution in [3.8, 4) is 6.07 Å². The first-order valence-electron chi connectivity index (χ1n) is 8.22. The van der Waals surface area contributed by atoms with E-state index in [0.717, 1.165) is 31.7 Å². The molecule has 2 aromatic rings. The van der Waals surface area contributed by atoms with E-state index in [9.17, 15) is 10.1 Å². The Hall–Kier alpha value is -2.81. The zero-order chi connectivity index (χ0) is 16.9. The average molecular weight is 323 g/mol. The number of carbonyl (C=O) groups is 1. The van der Waals surface area contributed by atoms with Gasteiger partial charge in [0.15, 0.2) is 0 Å². The number of aromatic nitrogens is 2. The summed E-state index contributed by atoms with van der Waals surface area (Å²) in [4.78, 5) is 16.8. The first kappa shape index (κ1) is 16.1. The van der Waals surface area contributed by atoms with Crippen LogP contribution >= 0.6 is 0 Å². The monoisotopic (exact) mass is 323 g/mol. The van der Waals surface area contributed by atoms with Crippen molar-refractivity contribution < 1.29 is 4.79 Å². The molecule has 124 valence electrons. The molecule has 3 rings (SSSR count). The van der Waals surface area contributed by atoms with Crippen LogP contribution in [0.3, 0.4) is 0 Å². The summed E-state index contributed by atoms with van der Waals surface area (Å²) in [5.41, 5.74) is 1.64. The highest BCUT2D eigenvalue weighted by molar-refractivity contribution is 5.80. The lowest BCUT2D eigenvalue weighted by Gasteiger charge is -2.26. The highest BCUT2D eigenvalue weighted by Crippen LogP contribution is 2.21. The quantitative estimate of drug-likeness (QED) is 0.867. The Bertz CT molecular complexity index is 734. The molecule has 1 aliphatic heterocycles. The van der Waals surface area contributed by atoms with Crippen molar-refractivity contribution in [3.05, 3.63) is 48.3 Å². The normalized spacial score (nSPS) is 16.3. The number of amides is 1. The second kappa shape index (κ2) is 7.18. The Morgan fingerprint density at radius 2 is 2.04 bits per heavy atom. The van der Waals surface area contributed by atoms with E-state index in [-0.39, 0.29) is 11.9 Å². The molecular weight excluding hydrogens is 302 g/mol. The van der Waals surface area contributed by atoms with Crippen LogP contribution in [0.4, 0.5) is 5.69 Å². The van der Waals surface area contributed by atoms with Crippen molar-refractivity contribution in [2.75, 3.05) is 31.1 Å². The van der Waals surface area contributed by atoms with E-state index in [1.165, 1.54) is 0 Å². The second-order valence-corrected chi connectivity index (χ2v) is 5.96. The summed E-state index contributed by atoms with van der Waals surface area (Å²) in [6.45, 7) is 4.84. The van der Waals surface area contributed by atoms with Gasteiger partial charge in [-0.3, -0.25) is 9.48 Å². The molecule has 0 spiro atoms. The molecule has 24 heavy (non-hydrogen) atoms. The molecule has 1 saturated heterocycles. The van der Waals surface area contributed by atoms with Gasteiger partial charge < -0.3 is 9.80 Å². The van der Waals surface area contributed by atoms with E-state index in [2.05, 4.69) is 16.1 Å². The summed E-state index contributed by atoms with van der Waals surface area (Å²) in [5.74, 6) is 0.0918. The molecule has 6 nitrogen and oxygen atoms in total. The lowest BCUT2D eigenvalue weighted by molar-refractivity contribution is -0.134. The van der Waals surface area contributed by atoms with Crippen molar-refractivity contribution in [1.29, 1.82) is 5.26 Å². The Labute approximate surface area is 141 Å². The molecule has 1 atom stereocenters. The fourth-order valence-electron chi connectivity index (χ4n) is 3.11. The first-order chi connectivity index (χ1) is 11.7. The maximum Gasteiger partial charge on any atom is 0.247 e. The minimum absolute atomic E-state index is 0.0918. The molecule has 0 aliphatic carbocycles. The van der Waals surface area contributed by atoms with Crippen LogP contribution in [-0.2, 0) is 4.79 Å². The minimum Gasteiger partial charge on any atom is -0.369 e. The van der Waals surface area contributed by atoms with E-state index < -0.39 is 0 Å². The molecule has 1 amide bonds. The number of hydrogen-bond acceptors (Lipinski definition) is 4. The maximum absolute atomic E-state index is 12.7. The molecule has 0 bridgehead atoms. The standard InChI is InChI=1S/C18H21N5O/c1-15(23-11-4-8-20-23)18(24)22-10-5-9-21(12-13-22)17-7-3-2-6-16(17)14-19/h2-4,6-8,11,15H,5,9-10,12-13H2,1H3. The van der Waals surface area contributed by atoms with Crippen molar-refractivity contribution in [2.24, 2.45) is 0 Å². The van der Waals surface area contributed by atoms with Gasteiger partial charge in [-0.15, -0.1) is 0 Å². The lowest BCUT2D eigenvalue weighted by atomic mass is 10.1. The molecule has 1 unspecified atom stereocenters. The summed E-state index contributed by atoms with van der Waals surface area (Å²) in [5, 5.41) is 13.5. The van der Waals surface area contributed by atoms with Crippen molar-refractivity contribution in [3.63, 3.8) is 0 Å². The summed E-state index contributed by atoms with van der Waals surface area (Å²) >= 11 is 0. The molecular formula is C18H21N5O. The molecule has 0 N–H and O–H groups in total. The van der Waals surface area contributed by atoms with Gasteiger partial charge in [-0.25, -0.2) is 0 Å². The number of rotatable bonds is 3. The fourth-order valence-corrected chi connectivity index (χ4v) is 3.11. The van der Waals surface area contributed by atoms with Crippen LogP contribution in [0.1, 0.15) is 24.9 Å². The Morgan fingerprint density at radius 1 is 1.21 bits per heavy atom. The van der Waals surface area contributed by atoms with Gasteiger partial charge in [0.25, 0.3) is 0 Å². The van der Waals surface area contributed by atoms with Crippen LogP contribution in [0.2, 0.25) is 0 Å². The molecule has 0 radical (unpaired) electrons. The molecule has 6 heteroatoms. The first-order valence-corrected chi connectivity index (χ1v) is 8.22. The SMILES string of the molecule is CC(C(=O)N1CCCN(c2ccccc2C#N)CC1)n1cccn1. The Balaban J connectivity index is 1.69. The number of carbonyl (C=O) groups excluding carboxylic acids is 1. The van der Waals surface area contributed by atoms with Crippen LogP contribution in [0.15, 0.2) is 42.7 Å². The van der Waals surface area contributed by atoms with Crippen LogP contribution in [-0.4, -0.2) is 46.8 Å². The highest BCUT2D eigenvalue weighted by atomic mass is 16.2. The Kier molecular flexibility index (Phi) is 4.80.